The highest BCUT2D eigenvalue weighted by molar-refractivity contribution is 6.30. The first kappa shape index (κ1) is 17.9. The topological polar surface area (TPSA) is 59.2 Å². The quantitative estimate of drug-likeness (QED) is 0.793. The fourth-order valence-corrected chi connectivity index (χ4v) is 3.42. The van der Waals surface area contributed by atoms with Gasteiger partial charge >= 0.3 is 0 Å². The second-order valence-electron chi connectivity index (χ2n) is 6.94. The Balaban J connectivity index is 1.53. The second-order valence-corrected chi connectivity index (χ2v) is 7.37. The summed E-state index contributed by atoms with van der Waals surface area (Å²) in [6.45, 7) is 2.28. The van der Waals surface area contributed by atoms with Crippen molar-refractivity contribution < 1.29 is 9.32 Å². The molecule has 5 nitrogen and oxygen atoms in total. The van der Waals surface area contributed by atoms with Crippen LogP contribution in [0.5, 0.6) is 0 Å². The highest BCUT2D eigenvalue weighted by Crippen LogP contribution is 2.27. The summed E-state index contributed by atoms with van der Waals surface area (Å²) in [7, 11) is 1.91. The third kappa shape index (κ3) is 4.60. The Hall–Kier alpha value is -1.88. The van der Waals surface area contributed by atoms with E-state index in [2.05, 4.69) is 17.1 Å². The molecule has 1 amide bonds. The van der Waals surface area contributed by atoms with E-state index in [1.165, 1.54) is 12.8 Å². The fourth-order valence-electron chi connectivity index (χ4n) is 3.30. The van der Waals surface area contributed by atoms with E-state index in [9.17, 15) is 4.79 Å². The van der Waals surface area contributed by atoms with E-state index < -0.39 is 0 Å². The zero-order valence-electron chi connectivity index (χ0n) is 14.7. The Labute approximate surface area is 153 Å². The van der Waals surface area contributed by atoms with Crippen LogP contribution < -0.4 is 0 Å². The molecule has 0 radical (unpaired) electrons. The summed E-state index contributed by atoms with van der Waals surface area (Å²) in [6.07, 6.45) is 5.47. The van der Waals surface area contributed by atoms with Gasteiger partial charge in [-0.05, 0) is 55.9 Å². The summed E-state index contributed by atoms with van der Waals surface area (Å²) >= 11 is 5.88. The number of benzene rings is 1. The normalized spacial score (nSPS) is 20.4. The lowest BCUT2D eigenvalue weighted by atomic mass is 9.86. The van der Waals surface area contributed by atoms with Gasteiger partial charge in [0.25, 0.3) is 0 Å². The SMILES string of the molecule is CC1CCC(N(C)C(=O)CCc2nc(-c3ccc(Cl)cc3)no2)CC1. The van der Waals surface area contributed by atoms with Gasteiger partial charge in [-0.3, -0.25) is 4.79 Å². The molecule has 1 heterocycles. The summed E-state index contributed by atoms with van der Waals surface area (Å²) in [5, 5.41) is 4.65. The third-order valence-corrected chi connectivity index (χ3v) is 5.30. The molecular formula is C19H24ClN3O2. The van der Waals surface area contributed by atoms with Crippen LogP contribution in [0.15, 0.2) is 28.8 Å². The van der Waals surface area contributed by atoms with Crippen LogP contribution in [0.3, 0.4) is 0 Å². The molecule has 25 heavy (non-hydrogen) atoms. The molecule has 1 fully saturated rings. The van der Waals surface area contributed by atoms with Gasteiger partial charge in [-0.15, -0.1) is 0 Å². The van der Waals surface area contributed by atoms with Crippen LogP contribution >= 0.6 is 11.6 Å². The first-order chi connectivity index (χ1) is 12.0. The van der Waals surface area contributed by atoms with E-state index in [1.807, 2.05) is 24.1 Å². The highest BCUT2D eigenvalue weighted by atomic mass is 35.5. The zero-order valence-corrected chi connectivity index (χ0v) is 15.5. The van der Waals surface area contributed by atoms with Gasteiger partial charge in [0.05, 0.1) is 0 Å². The van der Waals surface area contributed by atoms with Gasteiger partial charge in [-0.25, -0.2) is 0 Å². The van der Waals surface area contributed by atoms with Crippen molar-refractivity contribution in [3.05, 3.63) is 35.2 Å². The largest absolute Gasteiger partial charge is 0.343 e. The molecule has 0 aliphatic heterocycles. The van der Waals surface area contributed by atoms with Gasteiger partial charge < -0.3 is 9.42 Å². The molecule has 0 atom stereocenters. The Bertz CT molecular complexity index is 706. The predicted octanol–water partition coefficient (Wildman–Crippen LogP) is 4.36. The minimum Gasteiger partial charge on any atom is -0.343 e. The van der Waals surface area contributed by atoms with E-state index in [1.54, 1.807) is 12.1 Å². The van der Waals surface area contributed by atoms with Crippen molar-refractivity contribution >= 4 is 17.5 Å². The molecule has 3 rings (SSSR count). The number of halogens is 1. The van der Waals surface area contributed by atoms with Crippen molar-refractivity contribution in [1.82, 2.24) is 15.0 Å². The molecule has 0 N–H and O–H groups in total. The molecule has 1 aromatic heterocycles. The Morgan fingerprint density at radius 2 is 1.92 bits per heavy atom. The summed E-state index contributed by atoms with van der Waals surface area (Å²) in [6, 6.07) is 7.64. The van der Waals surface area contributed by atoms with Crippen LogP contribution in [0.1, 0.15) is 44.9 Å². The van der Waals surface area contributed by atoms with Gasteiger partial charge in [0.15, 0.2) is 0 Å². The molecular weight excluding hydrogens is 338 g/mol. The molecule has 0 unspecified atom stereocenters. The number of nitrogens with zero attached hydrogens (tertiary/aromatic N) is 3. The maximum atomic E-state index is 12.4. The number of hydrogen-bond donors (Lipinski definition) is 0. The molecule has 0 saturated heterocycles. The number of amides is 1. The van der Waals surface area contributed by atoms with Crippen molar-refractivity contribution in [1.29, 1.82) is 0 Å². The Morgan fingerprint density at radius 1 is 1.24 bits per heavy atom. The van der Waals surface area contributed by atoms with Crippen LogP contribution in [0.2, 0.25) is 5.02 Å². The summed E-state index contributed by atoms with van der Waals surface area (Å²) in [5.41, 5.74) is 0.846. The summed E-state index contributed by atoms with van der Waals surface area (Å²) < 4.78 is 5.27. The lowest BCUT2D eigenvalue weighted by molar-refractivity contribution is -0.132. The fraction of sp³-hybridized carbons (Fsp3) is 0.526. The van der Waals surface area contributed by atoms with Gasteiger partial charge in [0, 0.05) is 36.5 Å². The predicted molar refractivity (Wildman–Crippen MR) is 97.3 cm³/mol. The van der Waals surface area contributed by atoms with Crippen LogP contribution in [-0.2, 0) is 11.2 Å². The maximum absolute atomic E-state index is 12.4. The first-order valence-electron chi connectivity index (χ1n) is 8.87. The zero-order chi connectivity index (χ0) is 17.8. The lowest BCUT2D eigenvalue weighted by Crippen LogP contribution is -2.39. The van der Waals surface area contributed by atoms with Gasteiger partial charge in [0.2, 0.25) is 17.6 Å². The summed E-state index contributed by atoms with van der Waals surface area (Å²) in [5.74, 6) is 1.94. The monoisotopic (exact) mass is 361 g/mol. The number of aromatic nitrogens is 2. The average molecular weight is 362 g/mol. The van der Waals surface area contributed by atoms with E-state index in [0.717, 1.165) is 24.3 Å². The van der Waals surface area contributed by atoms with Crippen LogP contribution in [0, 0.1) is 5.92 Å². The Morgan fingerprint density at radius 3 is 2.60 bits per heavy atom. The van der Waals surface area contributed by atoms with E-state index in [-0.39, 0.29) is 5.91 Å². The standard InChI is InChI=1S/C19H24ClN3O2/c1-13-3-9-16(10-4-13)23(2)18(24)12-11-17-21-19(22-25-17)14-5-7-15(20)8-6-14/h5-8,13,16H,3-4,9-12H2,1-2H3. The number of carbonyl (C=O) groups is 1. The molecule has 6 heteroatoms. The molecule has 1 aliphatic rings. The second kappa shape index (κ2) is 8.00. The summed E-state index contributed by atoms with van der Waals surface area (Å²) in [4.78, 5) is 18.7. The minimum atomic E-state index is 0.144. The molecule has 1 aromatic carbocycles. The molecule has 1 saturated carbocycles. The Kier molecular flexibility index (Phi) is 5.74. The maximum Gasteiger partial charge on any atom is 0.227 e. The lowest BCUT2D eigenvalue weighted by Gasteiger charge is -2.33. The van der Waals surface area contributed by atoms with Crippen LogP contribution in [-0.4, -0.2) is 34.0 Å². The smallest absolute Gasteiger partial charge is 0.227 e. The van der Waals surface area contributed by atoms with Crippen molar-refractivity contribution in [2.75, 3.05) is 7.05 Å². The van der Waals surface area contributed by atoms with Crippen molar-refractivity contribution in [3.63, 3.8) is 0 Å². The van der Waals surface area contributed by atoms with Crippen molar-refractivity contribution in [3.8, 4) is 11.4 Å². The molecule has 2 aromatic rings. The van der Waals surface area contributed by atoms with Crippen molar-refractivity contribution in [2.24, 2.45) is 5.92 Å². The molecule has 134 valence electrons. The van der Waals surface area contributed by atoms with E-state index >= 15 is 0 Å². The van der Waals surface area contributed by atoms with Gasteiger partial charge in [-0.2, -0.15) is 4.98 Å². The van der Waals surface area contributed by atoms with Gasteiger partial charge in [-0.1, -0.05) is 23.7 Å². The van der Waals surface area contributed by atoms with Crippen molar-refractivity contribution in [2.45, 2.75) is 51.5 Å². The van der Waals surface area contributed by atoms with Crippen LogP contribution in [0.25, 0.3) is 11.4 Å². The third-order valence-electron chi connectivity index (χ3n) is 5.05. The van der Waals surface area contributed by atoms with E-state index in [4.69, 9.17) is 16.1 Å². The average Bonchev–Trinajstić information content (AvgIpc) is 3.09. The minimum absolute atomic E-state index is 0.144. The van der Waals surface area contributed by atoms with Gasteiger partial charge in [0.1, 0.15) is 0 Å². The number of rotatable bonds is 5. The number of carbonyl (C=O) groups excluding carboxylic acids is 1. The first-order valence-corrected chi connectivity index (χ1v) is 9.25. The molecule has 0 bridgehead atoms. The molecule has 1 aliphatic carbocycles. The van der Waals surface area contributed by atoms with Crippen LogP contribution in [0.4, 0.5) is 0 Å². The van der Waals surface area contributed by atoms with E-state index in [0.29, 0.717) is 35.6 Å². The number of aryl methyl sites for hydroxylation is 1. The molecule has 0 spiro atoms. The highest BCUT2D eigenvalue weighted by Gasteiger charge is 2.24. The number of hydrogen-bond acceptors (Lipinski definition) is 4.